The third kappa shape index (κ3) is 3.38. The Kier molecular flexibility index (Phi) is 5.55. The number of aliphatic hydroxyl groups excluding tert-OH is 2. The lowest BCUT2D eigenvalue weighted by molar-refractivity contribution is -0.385. The molecular formula is C13H15NO8. The zero-order valence-corrected chi connectivity index (χ0v) is 12.1. The van der Waals surface area contributed by atoms with E-state index in [0.717, 1.165) is 26.4 Å². The number of hydrogen-bond acceptors (Lipinski definition) is 8. The molecule has 2 unspecified atom stereocenters. The van der Waals surface area contributed by atoms with Crippen molar-refractivity contribution in [2.24, 2.45) is 0 Å². The quantitative estimate of drug-likeness (QED) is 0.448. The molecule has 0 spiro atoms. The van der Waals surface area contributed by atoms with Crippen molar-refractivity contribution in [3.8, 4) is 0 Å². The first kappa shape index (κ1) is 17.5. The highest BCUT2D eigenvalue weighted by Crippen LogP contribution is 2.29. The van der Waals surface area contributed by atoms with Gasteiger partial charge in [-0.05, 0) is 18.6 Å². The van der Waals surface area contributed by atoms with Gasteiger partial charge in [-0.1, -0.05) is 0 Å². The molecule has 1 rings (SSSR count). The summed E-state index contributed by atoms with van der Waals surface area (Å²) in [6.07, 6.45) is -3.74. The van der Waals surface area contributed by atoms with E-state index in [2.05, 4.69) is 9.47 Å². The van der Waals surface area contributed by atoms with Crippen LogP contribution in [0, 0.1) is 17.0 Å². The third-order valence-electron chi connectivity index (χ3n) is 3.09. The van der Waals surface area contributed by atoms with Crippen molar-refractivity contribution in [3.63, 3.8) is 0 Å². The van der Waals surface area contributed by atoms with E-state index in [4.69, 9.17) is 0 Å². The molecule has 2 atom stereocenters. The fourth-order valence-electron chi connectivity index (χ4n) is 1.83. The summed E-state index contributed by atoms with van der Waals surface area (Å²) in [5, 5.41) is 30.6. The van der Waals surface area contributed by atoms with Gasteiger partial charge in [0.25, 0.3) is 5.69 Å². The summed E-state index contributed by atoms with van der Waals surface area (Å²) in [6.45, 7) is 1.34. The average Bonchev–Trinajstić information content (AvgIpc) is 2.51. The van der Waals surface area contributed by atoms with Gasteiger partial charge < -0.3 is 19.7 Å². The van der Waals surface area contributed by atoms with Crippen LogP contribution in [-0.4, -0.2) is 47.4 Å². The molecule has 1 aromatic carbocycles. The number of carbonyl (C=O) groups is 2. The van der Waals surface area contributed by atoms with E-state index < -0.39 is 34.8 Å². The van der Waals surface area contributed by atoms with E-state index in [-0.39, 0.29) is 16.7 Å². The van der Waals surface area contributed by atoms with Crippen LogP contribution in [-0.2, 0) is 14.3 Å². The van der Waals surface area contributed by atoms with Crippen LogP contribution in [0.25, 0.3) is 0 Å². The predicted molar refractivity (Wildman–Crippen MR) is 72.2 cm³/mol. The van der Waals surface area contributed by atoms with Crippen molar-refractivity contribution in [2.45, 2.75) is 19.1 Å². The predicted octanol–water partition coefficient (Wildman–Crippen LogP) is 0.257. The molecule has 0 aliphatic heterocycles. The molecule has 0 amide bonds. The maximum Gasteiger partial charge on any atom is 0.338 e. The monoisotopic (exact) mass is 313 g/mol. The molecule has 0 bridgehead atoms. The summed E-state index contributed by atoms with van der Waals surface area (Å²) in [5.74, 6) is -1.96. The Balaban J connectivity index is 3.42. The number of aliphatic hydroxyl groups is 2. The van der Waals surface area contributed by atoms with E-state index in [1.165, 1.54) is 6.92 Å². The SMILES string of the molecule is COC(=O)c1cc(C(O)C(O)C(=O)OC)cc([N+](=O)[O-])c1C. The molecule has 0 aromatic heterocycles. The Labute approximate surface area is 125 Å². The van der Waals surface area contributed by atoms with Gasteiger partial charge in [-0.15, -0.1) is 0 Å². The summed E-state index contributed by atoms with van der Waals surface area (Å²) in [6, 6.07) is 2.09. The van der Waals surface area contributed by atoms with Crippen LogP contribution < -0.4 is 0 Å². The number of ether oxygens (including phenoxy) is 2. The fraction of sp³-hybridized carbons (Fsp3) is 0.385. The van der Waals surface area contributed by atoms with Crippen molar-refractivity contribution in [1.29, 1.82) is 0 Å². The van der Waals surface area contributed by atoms with Gasteiger partial charge in [0.2, 0.25) is 0 Å². The van der Waals surface area contributed by atoms with E-state index in [0.29, 0.717) is 0 Å². The molecule has 0 heterocycles. The first-order chi connectivity index (χ1) is 10.2. The van der Waals surface area contributed by atoms with Crippen LogP contribution in [0.1, 0.15) is 27.6 Å². The minimum absolute atomic E-state index is 0.0420. The van der Waals surface area contributed by atoms with Gasteiger partial charge in [-0.3, -0.25) is 10.1 Å². The zero-order chi connectivity index (χ0) is 17.0. The lowest BCUT2D eigenvalue weighted by Crippen LogP contribution is -2.29. The number of hydrogen-bond donors (Lipinski definition) is 2. The van der Waals surface area contributed by atoms with Crippen LogP contribution in [0.5, 0.6) is 0 Å². The lowest BCUT2D eigenvalue weighted by atomic mass is 9.97. The second-order valence-electron chi connectivity index (χ2n) is 4.37. The maximum absolute atomic E-state index is 11.7. The number of nitro groups is 1. The average molecular weight is 313 g/mol. The van der Waals surface area contributed by atoms with Gasteiger partial charge in [-0.2, -0.15) is 0 Å². The highest BCUT2D eigenvalue weighted by Gasteiger charge is 2.30. The van der Waals surface area contributed by atoms with Gasteiger partial charge in [-0.25, -0.2) is 9.59 Å². The third-order valence-corrected chi connectivity index (χ3v) is 3.09. The highest BCUT2D eigenvalue weighted by atomic mass is 16.6. The molecule has 0 saturated heterocycles. The van der Waals surface area contributed by atoms with E-state index in [9.17, 15) is 29.9 Å². The van der Waals surface area contributed by atoms with Crippen molar-refractivity contribution >= 4 is 17.6 Å². The molecule has 9 heteroatoms. The molecule has 0 aliphatic rings. The zero-order valence-electron chi connectivity index (χ0n) is 12.1. The van der Waals surface area contributed by atoms with E-state index in [1.807, 2.05) is 0 Å². The van der Waals surface area contributed by atoms with E-state index in [1.54, 1.807) is 0 Å². The van der Waals surface area contributed by atoms with Crippen LogP contribution >= 0.6 is 0 Å². The van der Waals surface area contributed by atoms with Gasteiger partial charge in [0.15, 0.2) is 6.10 Å². The van der Waals surface area contributed by atoms with Crippen molar-refractivity contribution in [1.82, 2.24) is 0 Å². The minimum atomic E-state index is -1.95. The standard InChI is InChI=1S/C13H15NO8/c1-6-8(12(17)21-2)4-7(5-9(6)14(19)20)10(15)11(16)13(18)22-3/h4-5,10-11,15-16H,1-3H3. The number of methoxy groups -OCH3 is 2. The molecule has 0 saturated carbocycles. The van der Waals surface area contributed by atoms with Crippen molar-refractivity contribution in [3.05, 3.63) is 38.9 Å². The Morgan fingerprint density at radius 3 is 2.27 bits per heavy atom. The van der Waals surface area contributed by atoms with Gasteiger partial charge >= 0.3 is 11.9 Å². The molecule has 0 fully saturated rings. The first-order valence-corrected chi connectivity index (χ1v) is 6.05. The minimum Gasteiger partial charge on any atom is -0.467 e. The molecule has 22 heavy (non-hydrogen) atoms. The fourth-order valence-corrected chi connectivity index (χ4v) is 1.83. The van der Waals surface area contributed by atoms with Crippen LogP contribution in [0.3, 0.4) is 0 Å². The molecule has 0 radical (unpaired) electrons. The van der Waals surface area contributed by atoms with Gasteiger partial charge in [0.1, 0.15) is 6.10 Å². The lowest BCUT2D eigenvalue weighted by Gasteiger charge is -2.17. The second kappa shape index (κ2) is 6.96. The molecule has 0 aliphatic carbocycles. The van der Waals surface area contributed by atoms with Crippen molar-refractivity contribution in [2.75, 3.05) is 14.2 Å². The number of rotatable bonds is 5. The smallest absolute Gasteiger partial charge is 0.338 e. The number of carbonyl (C=O) groups excluding carboxylic acids is 2. The number of nitro benzene ring substituents is 1. The molecule has 1 aromatic rings. The first-order valence-electron chi connectivity index (χ1n) is 6.05. The van der Waals surface area contributed by atoms with Gasteiger partial charge in [0, 0.05) is 11.6 Å². The van der Waals surface area contributed by atoms with Crippen LogP contribution in [0.4, 0.5) is 5.69 Å². The summed E-state index contributed by atoms with van der Waals surface area (Å²) in [4.78, 5) is 33.2. The van der Waals surface area contributed by atoms with Crippen LogP contribution in [0.15, 0.2) is 12.1 Å². The Bertz CT molecular complexity index is 612. The topological polar surface area (TPSA) is 136 Å². The molecule has 2 N–H and O–H groups in total. The summed E-state index contributed by atoms with van der Waals surface area (Å²) >= 11 is 0. The largest absolute Gasteiger partial charge is 0.467 e. The number of nitrogens with zero attached hydrogens (tertiary/aromatic N) is 1. The summed E-state index contributed by atoms with van der Waals surface area (Å²) in [5.41, 5.74) is -0.743. The number of benzene rings is 1. The van der Waals surface area contributed by atoms with Crippen molar-refractivity contribution < 1.29 is 34.2 Å². The summed E-state index contributed by atoms with van der Waals surface area (Å²) in [7, 11) is 2.11. The Morgan fingerprint density at radius 2 is 1.82 bits per heavy atom. The Morgan fingerprint density at radius 1 is 1.23 bits per heavy atom. The molecule has 120 valence electrons. The number of esters is 2. The van der Waals surface area contributed by atoms with Gasteiger partial charge in [0.05, 0.1) is 24.7 Å². The maximum atomic E-state index is 11.7. The van der Waals surface area contributed by atoms with E-state index >= 15 is 0 Å². The second-order valence-corrected chi connectivity index (χ2v) is 4.37. The molecular weight excluding hydrogens is 298 g/mol. The van der Waals surface area contributed by atoms with Crippen LogP contribution in [0.2, 0.25) is 0 Å². The molecule has 9 nitrogen and oxygen atoms in total. The summed E-state index contributed by atoms with van der Waals surface area (Å²) < 4.78 is 8.80. The highest BCUT2D eigenvalue weighted by molar-refractivity contribution is 5.92. The Hall–Kier alpha value is -2.52. The normalized spacial score (nSPS) is 13.1.